The summed E-state index contributed by atoms with van der Waals surface area (Å²) >= 11 is 0. The summed E-state index contributed by atoms with van der Waals surface area (Å²) < 4.78 is 64.1. The molecule has 0 rings (SSSR count). The van der Waals surface area contributed by atoms with Gasteiger partial charge in [-0.25, -0.2) is 0 Å². The number of rotatable bonds is 2. The van der Waals surface area contributed by atoms with Crippen LogP contribution in [0.5, 0.6) is 0 Å². The van der Waals surface area contributed by atoms with Gasteiger partial charge in [0.25, 0.3) is 0 Å². The van der Waals surface area contributed by atoms with E-state index in [1.54, 1.807) is 0 Å². The first-order valence-electron chi connectivity index (χ1n) is 2.60. The van der Waals surface area contributed by atoms with E-state index in [4.69, 9.17) is 9.81 Å². The monoisotopic (exact) mass is 234 g/mol. The number of hydrogen-bond donors (Lipinski definition) is 1. The lowest BCUT2D eigenvalue weighted by Gasteiger charge is -2.16. The van der Waals surface area contributed by atoms with E-state index < -0.39 is 26.1 Å². The van der Waals surface area contributed by atoms with Crippen LogP contribution >= 0.6 is 0 Å². The number of halogens is 3. The zero-order valence-corrected chi connectivity index (χ0v) is 6.83. The van der Waals surface area contributed by atoms with Crippen LogP contribution in [0.15, 0.2) is 0 Å². The van der Waals surface area contributed by atoms with Gasteiger partial charge in [0, 0.05) is 0 Å². The van der Waals surface area contributed by atoms with E-state index in [-0.39, 0.29) is 6.07 Å². The van der Waals surface area contributed by atoms with Crippen molar-refractivity contribution in [3.8, 4) is 6.07 Å². The first-order valence-corrected chi connectivity index (χ1v) is 4.04. The van der Waals surface area contributed by atoms with Gasteiger partial charge in [0.15, 0.2) is 6.07 Å². The fraction of sp³-hybridized carbons (Fsp3) is 0.667. The molecule has 0 saturated carbocycles. The summed E-state index contributed by atoms with van der Waals surface area (Å²) in [5.74, 6) is 0. The van der Waals surface area contributed by atoms with Crippen LogP contribution in [-0.2, 0) is 10.1 Å². The van der Waals surface area contributed by atoms with Crippen molar-refractivity contribution < 1.29 is 31.1 Å². The van der Waals surface area contributed by atoms with Crippen molar-refractivity contribution in [2.45, 2.75) is 11.0 Å². The Labute approximate surface area is 74.6 Å². The highest BCUT2D eigenvalue weighted by Crippen LogP contribution is 2.36. The van der Waals surface area contributed by atoms with Gasteiger partial charge in [0.2, 0.25) is 0 Å². The lowest BCUT2D eigenvalue weighted by atomic mass is 10.3. The summed E-state index contributed by atoms with van der Waals surface area (Å²) in [4.78, 5) is 2.43. The number of nitro groups is 1. The van der Waals surface area contributed by atoms with E-state index in [0.29, 0.717) is 0 Å². The predicted molar refractivity (Wildman–Crippen MR) is 32.9 cm³/mol. The Bertz CT molecular complexity index is 393. The summed E-state index contributed by atoms with van der Waals surface area (Å²) in [5, 5.41) is 17.7. The molecule has 0 heterocycles. The van der Waals surface area contributed by atoms with Crippen LogP contribution in [0.3, 0.4) is 0 Å². The second-order valence-corrected chi connectivity index (χ2v) is 3.53. The molecule has 11 heteroatoms. The van der Waals surface area contributed by atoms with Crippen LogP contribution in [0, 0.1) is 21.4 Å². The Kier molecular flexibility index (Phi) is 2.76. The Balaban J connectivity index is 6.03. The molecule has 0 bridgehead atoms. The fourth-order valence-corrected chi connectivity index (χ4v) is 1.10. The minimum atomic E-state index is -6.22. The Morgan fingerprint density at radius 2 is 1.79 bits per heavy atom. The van der Waals surface area contributed by atoms with Gasteiger partial charge in [-0.1, -0.05) is 0 Å². The van der Waals surface area contributed by atoms with E-state index in [2.05, 4.69) is 0 Å². The average Bonchev–Trinajstić information content (AvgIpc) is 1.80. The summed E-state index contributed by atoms with van der Waals surface area (Å²) in [6.45, 7) is 0. The second kappa shape index (κ2) is 3.07. The molecule has 14 heavy (non-hydrogen) atoms. The molecule has 0 radical (unpaired) electrons. The van der Waals surface area contributed by atoms with Crippen LogP contribution in [0.25, 0.3) is 0 Å². The molecule has 1 unspecified atom stereocenters. The van der Waals surface area contributed by atoms with Gasteiger partial charge in [-0.3, -0.25) is 14.7 Å². The maximum atomic E-state index is 11.9. The largest absolute Gasteiger partial charge is 0.517 e. The SMILES string of the molecule is N#CC([N+](=O)[O-])(C(F)(F)F)S(=O)(=O)O. The molecular weight excluding hydrogens is 233 g/mol. The first-order chi connectivity index (χ1) is 6.00. The van der Waals surface area contributed by atoms with Gasteiger partial charge in [-0.05, 0) is 0 Å². The molecule has 0 spiro atoms. The van der Waals surface area contributed by atoms with Gasteiger partial charge in [-0.15, -0.1) is 0 Å². The number of nitrogens with zero attached hydrogens (tertiary/aromatic N) is 2. The van der Waals surface area contributed by atoms with Crippen molar-refractivity contribution in [3.05, 3.63) is 10.1 Å². The fourth-order valence-electron chi connectivity index (χ4n) is 0.506. The van der Waals surface area contributed by atoms with Crippen molar-refractivity contribution in [2.24, 2.45) is 0 Å². The molecule has 0 aliphatic rings. The maximum Gasteiger partial charge on any atom is 0.517 e. The number of alkyl halides is 3. The Morgan fingerprint density at radius 1 is 1.43 bits per heavy atom. The molecular formula is C3HF3N2O5S. The Morgan fingerprint density at radius 3 is 1.79 bits per heavy atom. The minimum absolute atomic E-state index is 0.0671. The maximum absolute atomic E-state index is 11.9. The lowest BCUT2D eigenvalue weighted by Crippen LogP contribution is -2.56. The molecule has 7 nitrogen and oxygen atoms in total. The summed E-state index contributed by atoms with van der Waals surface area (Å²) in [6.07, 6.45) is -6.03. The topological polar surface area (TPSA) is 121 Å². The van der Waals surface area contributed by atoms with Crippen LogP contribution < -0.4 is 0 Å². The summed E-state index contributed by atoms with van der Waals surface area (Å²) in [5.41, 5.74) is 0. The van der Waals surface area contributed by atoms with Crippen molar-refractivity contribution in [1.82, 2.24) is 0 Å². The van der Waals surface area contributed by atoms with Crippen LogP contribution in [-0.4, -0.2) is 28.9 Å². The quantitative estimate of drug-likeness (QED) is 0.405. The molecule has 0 saturated heterocycles. The molecule has 0 aliphatic heterocycles. The molecule has 1 atom stereocenters. The van der Waals surface area contributed by atoms with Gasteiger partial charge in [0.1, 0.15) is 0 Å². The van der Waals surface area contributed by atoms with Gasteiger partial charge < -0.3 is 0 Å². The lowest BCUT2D eigenvalue weighted by molar-refractivity contribution is -0.565. The zero-order valence-electron chi connectivity index (χ0n) is 6.02. The summed E-state index contributed by atoms with van der Waals surface area (Å²) in [6, 6.07) is -0.0671. The zero-order chi connectivity index (χ0) is 11.8. The van der Waals surface area contributed by atoms with E-state index in [1.165, 1.54) is 0 Å². The highest BCUT2D eigenvalue weighted by Gasteiger charge is 2.77. The third-order valence-electron chi connectivity index (χ3n) is 1.17. The van der Waals surface area contributed by atoms with E-state index >= 15 is 0 Å². The van der Waals surface area contributed by atoms with Crippen LogP contribution in [0.2, 0.25) is 0 Å². The minimum Gasteiger partial charge on any atom is -0.279 e. The van der Waals surface area contributed by atoms with Crippen molar-refractivity contribution in [1.29, 1.82) is 5.26 Å². The predicted octanol–water partition coefficient (Wildman–Crippen LogP) is -0.0669. The molecule has 0 amide bonds. The molecule has 0 aliphatic carbocycles. The van der Waals surface area contributed by atoms with Crippen molar-refractivity contribution in [3.63, 3.8) is 0 Å². The van der Waals surface area contributed by atoms with Crippen LogP contribution in [0.1, 0.15) is 0 Å². The summed E-state index contributed by atoms with van der Waals surface area (Å²) in [7, 11) is -6.22. The second-order valence-electron chi connectivity index (χ2n) is 1.99. The first kappa shape index (κ1) is 12.6. The highest BCUT2D eigenvalue weighted by molar-refractivity contribution is 7.87. The van der Waals surface area contributed by atoms with Crippen molar-refractivity contribution >= 4 is 10.1 Å². The number of nitriles is 1. The van der Waals surface area contributed by atoms with Gasteiger partial charge >= 0.3 is 21.2 Å². The molecule has 0 fully saturated rings. The van der Waals surface area contributed by atoms with E-state index in [0.717, 1.165) is 0 Å². The van der Waals surface area contributed by atoms with Gasteiger partial charge in [0.05, 0.1) is 4.92 Å². The van der Waals surface area contributed by atoms with Gasteiger partial charge in [-0.2, -0.15) is 26.9 Å². The molecule has 0 aromatic carbocycles. The normalized spacial score (nSPS) is 16.8. The molecule has 1 N–H and O–H groups in total. The third-order valence-corrected chi connectivity index (χ3v) is 2.38. The molecule has 80 valence electrons. The highest BCUT2D eigenvalue weighted by atomic mass is 32.2. The average molecular weight is 234 g/mol. The molecule has 0 aromatic rings. The smallest absolute Gasteiger partial charge is 0.279 e. The van der Waals surface area contributed by atoms with Crippen LogP contribution in [0.4, 0.5) is 13.2 Å². The standard InChI is InChI=1S/C3HF3N2O5S/c4-3(5,6)2(1-7,8(9)10)14(11,12)13/h(H,11,12,13). The third kappa shape index (κ3) is 1.49. The van der Waals surface area contributed by atoms with E-state index in [1.807, 2.05) is 0 Å². The van der Waals surface area contributed by atoms with Crippen molar-refractivity contribution in [2.75, 3.05) is 0 Å². The van der Waals surface area contributed by atoms with E-state index in [9.17, 15) is 31.7 Å². The number of hydrogen-bond acceptors (Lipinski definition) is 5. The molecule has 0 aromatic heterocycles. The Hall–Kier alpha value is -1.41.